The van der Waals surface area contributed by atoms with Crippen molar-refractivity contribution in [2.45, 2.75) is 25.8 Å². The zero-order chi connectivity index (χ0) is 11.4. The molecule has 1 aliphatic heterocycles. The van der Waals surface area contributed by atoms with Crippen LogP contribution in [0, 0.1) is 0 Å². The van der Waals surface area contributed by atoms with Crippen molar-refractivity contribution < 1.29 is 9.32 Å². The van der Waals surface area contributed by atoms with Crippen molar-refractivity contribution in [2.24, 2.45) is 0 Å². The molecule has 5 nitrogen and oxygen atoms in total. The molecule has 1 aromatic rings. The minimum atomic E-state index is -0.0238. The Morgan fingerprint density at radius 1 is 1.71 bits per heavy atom. The van der Waals surface area contributed by atoms with Crippen molar-refractivity contribution in [3.8, 4) is 0 Å². The molecule has 96 valence electrons. The minimum Gasteiger partial charge on any atom is -0.364 e. The first kappa shape index (κ1) is 14.0. The van der Waals surface area contributed by atoms with Gasteiger partial charge in [0.05, 0.1) is 0 Å². The van der Waals surface area contributed by atoms with Gasteiger partial charge in [-0.25, -0.2) is 0 Å². The summed E-state index contributed by atoms with van der Waals surface area (Å²) in [6.45, 7) is 4.71. The van der Waals surface area contributed by atoms with Crippen LogP contribution < -0.4 is 5.32 Å². The van der Waals surface area contributed by atoms with Crippen LogP contribution in [0.4, 0.5) is 0 Å². The van der Waals surface area contributed by atoms with Gasteiger partial charge in [0.25, 0.3) is 5.91 Å². The summed E-state index contributed by atoms with van der Waals surface area (Å²) in [4.78, 5) is 14.1. The molecule has 1 aliphatic rings. The first-order valence-corrected chi connectivity index (χ1v) is 5.75. The number of nitrogens with zero attached hydrogens (tertiary/aromatic N) is 2. The van der Waals surface area contributed by atoms with Crippen LogP contribution in [-0.4, -0.2) is 41.6 Å². The molecular weight excluding hydrogens is 242 g/mol. The Hall–Kier alpha value is -1.07. The maximum Gasteiger partial charge on any atom is 0.276 e. The minimum absolute atomic E-state index is 0. The Balaban J connectivity index is 0.00000144. The molecule has 1 N–H and O–H groups in total. The molecule has 1 saturated heterocycles. The predicted molar refractivity (Wildman–Crippen MR) is 66.4 cm³/mol. The number of nitrogens with one attached hydrogen (secondary N) is 1. The van der Waals surface area contributed by atoms with E-state index < -0.39 is 0 Å². The van der Waals surface area contributed by atoms with Gasteiger partial charge in [-0.1, -0.05) is 12.1 Å². The highest BCUT2D eigenvalue weighted by atomic mass is 35.5. The second-order valence-corrected chi connectivity index (χ2v) is 4.03. The van der Waals surface area contributed by atoms with Crippen molar-refractivity contribution in [1.82, 2.24) is 15.4 Å². The van der Waals surface area contributed by atoms with Gasteiger partial charge in [-0.3, -0.25) is 4.79 Å². The number of halogens is 1. The first-order chi connectivity index (χ1) is 7.83. The molecule has 1 aromatic heterocycles. The van der Waals surface area contributed by atoms with E-state index in [4.69, 9.17) is 4.52 Å². The van der Waals surface area contributed by atoms with Gasteiger partial charge in [-0.2, -0.15) is 0 Å². The Kier molecular flexibility index (Phi) is 5.44. The molecule has 1 atom stereocenters. The summed E-state index contributed by atoms with van der Waals surface area (Å²) >= 11 is 0. The topological polar surface area (TPSA) is 58.4 Å². The van der Waals surface area contributed by atoms with Gasteiger partial charge in [-0.05, 0) is 19.4 Å². The van der Waals surface area contributed by atoms with Crippen molar-refractivity contribution >= 4 is 18.3 Å². The van der Waals surface area contributed by atoms with E-state index in [0.717, 1.165) is 32.5 Å². The van der Waals surface area contributed by atoms with E-state index >= 15 is 0 Å². The summed E-state index contributed by atoms with van der Waals surface area (Å²) in [6, 6.07) is 1.91. The summed E-state index contributed by atoms with van der Waals surface area (Å²) in [5.74, 6) is -0.0238. The van der Waals surface area contributed by atoms with Gasteiger partial charge in [0.1, 0.15) is 6.26 Å². The number of carbonyl (C=O) groups excluding carboxylic acids is 1. The number of aromatic nitrogens is 1. The van der Waals surface area contributed by atoms with E-state index in [1.165, 1.54) is 6.26 Å². The molecule has 1 unspecified atom stereocenters. The van der Waals surface area contributed by atoms with E-state index in [2.05, 4.69) is 17.4 Å². The lowest BCUT2D eigenvalue weighted by Crippen LogP contribution is -2.42. The highest BCUT2D eigenvalue weighted by Crippen LogP contribution is 2.13. The molecule has 0 aromatic carbocycles. The fourth-order valence-corrected chi connectivity index (χ4v) is 2.07. The van der Waals surface area contributed by atoms with Crippen molar-refractivity contribution in [3.05, 3.63) is 18.0 Å². The van der Waals surface area contributed by atoms with Crippen LogP contribution in [0.3, 0.4) is 0 Å². The summed E-state index contributed by atoms with van der Waals surface area (Å²) in [5.41, 5.74) is 0.403. The van der Waals surface area contributed by atoms with Gasteiger partial charge < -0.3 is 14.7 Å². The molecule has 17 heavy (non-hydrogen) atoms. The Morgan fingerprint density at radius 3 is 3.06 bits per heavy atom. The molecule has 6 heteroatoms. The molecule has 0 radical (unpaired) electrons. The number of amides is 1. The number of hydrogen-bond donors (Lipinski definition) is 1. The number of rotatable bonds is 4. The Morgan fingerprint density at radius 2 is 2.53 bits per heavy atom. The van der Waals surface area contributed by atoms with Crippen LogP contribution in [0.1, 0.15) is 30.3 Å². The fraction of sp³-hybridized carbons (Fsp3) is 0.636. The van der Waals surface area contributed by atoms with Crippen LogP contribution in [-0.2, 0) is 0 Å². The lowest BCUT2D eigenvalue weighted by Gasteiger charge is -2.27. The summed E-state index contributed by atoms with van der Waals surface area (Å²) < 4.78 is 4.71. The summed E-state index contributed by atoms with van der Waals surface area (Å²) in [6.07, 6.45) is 3.41. The highest BCUT2D eigenvalue weighted by Gasteiger charge is 2.27. The first-order valence-electron chi connectivity index (χ1n) is 5.75. The second-order valence-electron chi connectivity index (χ2n) is 4.03. The van der Waals surface area contributed by atoms with Gasteiger partial charge in [0.15, 0.2) is 5.69 Å². The number of hydrogen-bond acceptors (Lipinski definition) is 4. The van der Waals surface area contributed by atoms with Crippen LogP contribution in [0.25, 0.3) is 0 Å². The van der Waals surface area contributed by atoms with Gasteiger partial charge >= 0.3 is 0 Å². The predicted octanol–water partition coefficient (Wildman–Crippen LogP) is 1.31. The largest absolute Gasteiger partial charge is 0.364 e. The Labute approximate surface area is 107 Å². The molecular formula is C11H18ClN3O2. The van der Waals surface area contributed by atoms with Crippen molar-refractivity contribution in [1.29, 1.82) is 0 Å². The molecule has 0 saturated carbocycles. The van der Waals surface area contributed by atoms with Crippen LogP contribution in [0.2, 0.25) is 0 Å². The maximum atomic E-state index is 12.2. The summed E-state index contributed by atoms with van der Waals surface area (Å²) in [5, 5.41) is 6.98. The molecule has 2 rings (SSSR count). The third-order valence-electron chi connectivity index (χ3n) is 2.86. The summed E-state index contributed by atoms with van der Waals surface area (Å²) in [7, 11) is 0. The van der Waals surface area contributed by atoms with Crippen molar-refractivity contribution in [2.75, 3.05) is 19.6 Å². The average Bonchev–Trinajstić information content (AvgIpc) is 2.96. The third-order valence-corrected chi connectivity index (χ3v) is 2.86. The van der Waals surface area contributed by atoms with E-state index in [1.807, 2.05) is 4.90 Å². The zero-order valence-electron chi connectivity index (χ0n) is 9.89. The normalized spacial score (nSPS) is 18.8. The molecule has 0 spiro atoms. The van der Waals surface area contributed by atoms with E-state index in [1.54, 1.807) is 6.07 Å². The highest BCUT2D eigenvalue weighted by molar-refractivity contribution is 5.92. The molecule has 0 aliphatic carbocycles. The second kappa shape index (κ2) is 6.61. The van der Waals surface area contributed by atoms with E-state index in [-0.39, 0.29) is 18.3 Å². The van der Waals surface area contributed by atoms with Crippen molar-refractivity contribution in [3.63, 3.8) is 0 Å². The average molecular weight is 260 g/mol. The molecule has 1 fully saturated rings. The zero-order valence-corrected chi connectivity index (χ0v) is 10.7. The Bertz CT molecular complexity index is 336. The fourth-order valence-electron chi connectivity index (χ4n) is 2.07. The molecule has 0 bridgehead atoms. The van der Waals surface area contributed by atoms with Gasteiger partial charge in [-0.15, -0.1) is 12.4 Å². The van der Waals surface area contributed by atoms with Crippen LogP contribution >= 0.6 is 12.4 Å². The smallest absolute Gasteiger partial charge is 0.276 e. The maximum absolute atomic E-state index is 12.2. The van der Waals surface area contributed by atoms with Gasteiger partial charge in [0.2, 0.25) is 0 Å². The number of carbonyl (C=O) groups is 1. The molecule has 1 amide bonds. The monoisotopic (exact) mass is 259 g/mol. The lowest BCUT2D eigenvalue weighted by molar-refractivity contribution is 0.0681. The standard InChI is InChI=1S/C11H17N3O2.ClH/c1-2-6-14(9-3-5-12-8-9)11(15)10-4-7-16-13-10;/h4,7,9,12H,2-3,5-6,8H2,1H3;1H. The van der Waals surface area contributed by atoms with Crippen LogP contribution in [0.15, 0.2) is 16.9 Å². The molecule has 2 heterocycles. The third kappa shape index (κ3) is 3.20. The van der Waals surface area contributed by atoms with Gasteiger partial charge in [0, 0.05) is 25.2 Å². The quantitative estimate of drug-likeness (QED) is 0.886. The lowest BCUT2D eigenvalue weighted by atomic mass is 10.2. The van der Waals surface area contributed by atoms with E-state index in [9.17, 15) is 4.79 Å². The SMILES string of the molecule is CCCN(C(=O)c1ccon1)C1CCNC1.Cl. The van der Waals surface area contributed by atoms with E-state index in [0.29, 0.717) is 11.7 Å². The van der Waals surface area contributed by atoms with Crippen LogP contribution in [0.5, 0.6) is 0 Å².